The number of carbonyl (C=O) groups excluding carboxylic acids is 2. The van der Waals surface area contributed by atoms with E-state index in [0.29, 0.717) is 15.7 Å². The Balaban J connectivity index is 1.77. The molecule has 3 atom stereocenters. The third kappa shape index (κ3) is 2.84. The fourth-order valence-electron chi connectivity index (χ4n) is 3.97. The van der Waals surface area contributed by atoms with Crippen molar-refractivity contribution in [2.75, 3.05) is 0 Å². The standard InChI is InChI=1S/C19H17Cl2NO2S/c1-2-14-16(15-17(23)9-3-4-10(7-9)18(15)24)22-19(25-14)11-5-6-12(20)13(21)8-11/h5-6,8-10,15H,2-4,7H2,1H3/t9-,10+,15?. The zero-order chi connectivity index (χ0) is 17.7. The Labute approximate surface area is 160 Å². The first kappa shape index (κ1) is 17.2. The number of nitrogens with zero attached hydrogens (tertiary/aromatic N) is 1. The van der Waals surface area contributed by atoms with Crippen molar-refractivity contribution in [3.63, 3.8) is 0 Å². The van der Waals surface area contributed by atoms with Crippen LogP contribution in [-0.2, 0) is 16.0 Å². The van der Waals surface area contributed by atoms with Gasteiger partial charge < -0.3 is 0 Å². The van der Waals surface area contributed by atoms with Gasteiger partial charge in [0, 0.05) is 22.3 Å². The number of carbonyl (C=O) groups is 2. The zero-order valence-corrected chi connectivity index (χ0v) is 16.0. The van der Waals surface area contributed by atoms with Gasteiger partial charge in [-0.15, -0.1) is 11.3 Å². The number of Topliss-reactive ketones (excluding diaryl/α,β-unsaturated/α-hetero) is 2. The molecule has 3 nitrogen and oxygen atoms in total. The third-order valence-electron chi connectivity index (χ3n) is 5.30. The molecule has 1 heterocycles. The second kappa shape index (κ2) is 6.49. The van der Waals surface area contributed by atoms with Crippen LogP contribution in [0.1, 0.15) is 42.7 Å². The van der Waals surface area contributed by atoms with Crippen molar-refractivity contribution in [2.45, 2.75) is 38.5 Å². The number of aryl methyl sites for hydroxylation is 1. The summed E-state index contributed by atoms with van der Waals surface area (Å²) < 4.78 is 0. The van der Waals surface area contributed by atoms with Crippen molar-refractivity contribution in [1.29, 1.82) is 0 Å². The van der Waals surface area contributed by atoms with Gasteiger partial charge in [0.15, 0.2) is 11.6 Å². The Morgan fingerprint density at radius 1 is 1.12 bits per heavy atom. The summed E-state index contributed by atoms with van der Waals surface area (Å²) >= 11 is 13.6. The van der Waals surface area contributed by atoms with Crippen molar-refractivity contribution in [2.24, 2.45) is 11.8 Å². The molecule has 0 aliphatic heterocycles. The minimum absolute atomic E-state index is 0.0348. The van der Waals surface area contributed by atoms with Gasteiger partial charge in [0.2, 0.25) is 0 Å². The van der Waals surface area contributed by atoms with Gasteiger partial charge in [0.1, 0.15) is 10.9 Å². The van der Waals surface area contributed by atoms with E-state index < -0.39 is 5.92 Å². The van der Waals surface area contributed by atoms with Crippen molar-refractivity contribution >= 4 is 46.1 Å². The number of ketones is 2. The first-order chi connectivity index (χ1) is 12.0. The number of aromatic nitrogens is 1. The number of fused-ring (bicyclic) bond motifs is 2. The monoisotopic (exact) mass is 393 g/mol. The summed E-state index contributed by atoms with van der Waals surface area (Å²) in [7, 11) is 0. The minimum Gasteiger partial charge on any atom is -0.298 e. The molecular formula is C19H17Cl2NO2S. The highest BCUT2D eigenvalue weighted by atomic mass is 35.5. The lowest BCUT2D eigenvalue weighted by Crippen LogP contribution is -2.35. The molecule has 2 aromatic rings. The Kier molecular flexibility index (Phi) is 4.47. The van der Waals surface area contributed by atoms with Crippen LogP contribution in [0.15, 0.2) is 18.2 Å². The third-order valence-corrected chi connectivity index (χ3v) is 7.30. The molecule has 0 amide bonds. The van der Waals surface area contributed by atoms with Gasteiger partial charge in [0.05, 0.1) is 15.7 Å². The predicted molar refractivity (Wildman–Crippen MR) is 101 cm³/mol. The van der Waals surface area contributed by atoms with Crippen LogP contribution in [0.4, 0.5) is 0 Å². The molecule has 2 aliphatic rings. The average Bonchev–Trinajstić information content (AvgIpc) is 3.22. The van der Waals surface area contributed by atoms with Crippen LogP contribution in [0.2, 0.25) is 10.0 Å². The lowest BCUT2D eigenvalue weighted by Gasteiger charge is -2.24. The summed E-state index contributed by atoms with van der Waals surface area (Å²) in [6.07, 6.45) is 3.17. The molecule has 1 aromatic heterocycles. The van der Waals surface area contributed by atoms with E-state index in [0.717, 1.165) is 41.1 Å². The Hall–Kier alpha value is -1.23. The molecule has 130 valence electrons. The molecule has 0 N–H and O–H groups in total. The highest BCUT2D eigenvalue weighted by Crippen LogP contribution is 2.45. The lowest BCUT2D eigenvalue weighted by atomic mass is 9.77. The molecule has 6 heteroatoms. The van der Waals surface area contributed by atoms with Crippen molar-refractivity contribution in [3.8, 4) is 10.6 Å². The van der Waals surface area contributed by atoms with Gasteiger partial charge in [-0.1, -0.05) is 36.2 Å². The van der Waals surface area contributed by atoms with Gasteiger partial charge in [0.25, 0.3) is 0 Å². The Morgan fingerprint density at radius 2 is 1.80 bits per heavy atom. The second-order valence-electron chi connectivity index (χ2n) is 6.75. The molecule has 2 saturated carbocycles. The van der Waals surface area contributed by atoms with Crippen molar-refractivity contribution in [1.82, 2.24) is 4.98 Å². The summed E-state index contributed by atoms with van der Waals surface area (Å²) in [6.45, 7) is 2.03. The quantitative estimate of drug-likeness (QED) is 0.661. The Morgan fingerprint density at radius 3 is 2.40 bits per heavy atom. The van der Waals surface area contributed by atoms with Crippen molar-refractivity contribution in [3.05, 3.63) is 38.8 Å². The van der Waals surface area contributed by atoms with E-state index in [1.54, 1.807) is 12.1 Å². The highest BCUT2D eigenvalue weighted by Gasteiger charge is 2.48. The smallest absolute Gasteiger partial charge is 0.152 e. The van der Waals surface area contributed by atoms with Crippen LogP contribution in [0, 0.1) is 11.8 Å². The van der Waals surface area contributed by atoms with Gasteiger partial charge >= 0.3 is 0 Å². The number of hydrogen-bond acceptors (Lipinski definition) is 4. The molecule has 1 aromatic carbocycles. The van der Waals surface area contributed by atoms with E-state index in [9.17, 15) is 9.59 Å². The molecule has 4 rings (SSSR count). The molecule has 1 unspecified atom stereocenters. The topological polar surface area (TPSA) is 47.0 Å². The molecular weight excluding hydrogens is 377 g/mol. The zero-order valence-electron chi connectivity index (χ0n) is 13.7. The first-order valence-corrected chi connectivity index (χ1v) is 10.1. The van der Waals surface area contributed by atoms with E-state index in [2.05, 4.69) is 0 Å². The number of halogens is 2. The molecule has 2 aliphatic carbocycles. The number of benzene rings is 1. The SMILES string of the molecule is CCc1sc(-c2ccc(Cl)c(Cl)c2)nc1C1C(=O)[C@@H]2CC[C@@H](C2)C1=O. The maximum Gasteiger partial charge on any atom is 0.152 e. The van der Waals surface area contributed by atoms with Gasteiger partial charge in [-0.2, -0.15) is 0 Å². The summed E-state index contributed by atoms with van der Waals surface area (Å²) in [4.78, 5) is 31.4. The molecule has 0 spiro atoms. The van der Waals surface area contributed by atoms with E-state index >= 15 is 0 Å². The maximum absolute atomic E-state index is 12.8. The van der Waals surface area contributed by atoms with Crippen LogP contribution < -0.4 is 0 Å². The normalized spacial score (nSPS) is 25.6. The first-order valence-electron chi connectivity index (χ1n) is 8.52. The van der Waals surface area contributed by atoms with Crippen LogP contribution >= 0.6 is 34.5 Å². The summed E-state index contributed by atoms with van der Waals surface area (Å²) in [5, 5.41) is 1.74. The fraction of sp³-hybridized carbons (Fsp3) is 0.421. The van der Waals surface area contributed by atoms with Crippen molar-refractivity contribution < 1.29 is 9.59 Å². The van der Waals surface area contributed by atoms with Crippen LogP contribution in [0.3, 0.4) is 0 Å². The largest absolute Gasteiger partial charge is 0.298 e. The molecule has 0 radical (unpaired) electrons. The average molecular weight is 394 g/mol. The molecule has 2 bridgehead atoms. The van der Waals surface area contributed by atoms with Gasteiger partial charge in [-0.05, 0) is 37.8 Å². The van der Waals surface area contributed by atoms with E-state index in [4.69, 9.17) is 28.2 Å². The van der Waals surface area contributed by atoms with Crippen LogP contribution in [0.25, 0.3) is 10.6 Å². The second-order valence-corrected chi connectivity index (χ2v) is 8.65. The summed E-state index contributed by atoms with van der Waals surface area (Å²) in [5.41, 5.74) is 1.53. The van der Waals surface area contributed by atoms with Crippen LogP contribution in [0.5, 0.6) is 0 Å². The summed E-state index contributed by atoms with van der Waals surface area (Å²) in [5.74, 6) is -0.465. The number of rotatable bonds is 3. The van der Waals surface area contributed by atoms with Gasteiger partial charge in [-0.3, -0.25) is 9.59 Å². The maximum atomic E-state index is 12.8. The van der Waals surface area contributed by atoms with Crippen LogP contribution in [-0.4, -0.2) is 16.6 Å². The molecule has 0 saturated heterocycles. The fourth-order valence-corrected chi connectivity index (χ4v) is 5.31. The molecule has 25 heavy (non-hydrogen) atoms. The minimum atomic E-state index is -0.672. The number of thiazole rings is 1. The van der Waals surface area contributed by atoms with E-state index in [-0.39, 0.29) is 23.4 Å². The van der Waals surface area contributed by atoms with E-state index in [1.807, 2.05) is 13.0 Å². The molecule has 2 fully saturated rings. The lowest BCUT2D eigenvalue weighted by molar-refractivity contribution is -0.136. The number of hydrogen-bond donors (Lipinski definition) is 0. The Bertz CT molecular complexity index is 854. The highest BCUT2D eigenvalue weighted by molar-refractivity contribution is 7.15. The van der Waals surface area contributed by atoms with Gasteiger partial charge in [-0.25, -0.2) is 4.98 Å². The van der Waals surface area contributed by atoms with E-state index in [1.165, 1.54) is 11.3 Å². The predicted octanol–water partition coefficient (Wildman–Crippen LogP) is 5.33. The summed E-state index contributed by atoms with van der Waals surface area (Å²) in [6, 6.07) is 5.38.